The maximum absolute atomic E-state index is 12.9. The summed E-state index contributed by atoms with van der Waals surface area (Å²) >= 11 is 0. The molecule has 0 saturated heterocycles. The number of carbonyl (C=O) groups is 1. The zero-order valence-electron chi connectivity index (χ0n) is 7.41. The van der Waals surface area contributed by atoms with Gasteiger partial charge in [0.15, 0.2) is 11.6 Å². The van der Waals surface area contributed by atoms with Gasteiger partial charge in [0, 0.05) is 20.3 Å². The van der Waals surface area contributed by atoms with Crippen molar-refractivity contribution in [2.75, 3.05) is 19.4 Å². The predicted molar refractivity (Wildman–Crippen MR) is 46.9 cm³/mol. The van der Waals surface area contributed by atoms with E-state index in [0.29, 0.717) is 0 Å². The van der Waals surface area contributed by atoms with Crippen LogP contribution in [0.25, 0.3) is 0 Å². The summed E-state index contributed by atoms with van der Waals surface area (Å²) in [6, 6.07) is 2.29. The number of amides is 2. The first kappa shape index (κ1) is 9.44. The van der Waals surface area contributed by atoms with Crippen molar-refractivity contribution in [1.29, 1.82) is 0 Å². The van der Waals surface area contributed by atoms with Gasteiger partial charge in [0.05, 0.1) is 0 Å². The number of hydrogen-bond acceptors (Lipinski definition) is 2. The number of nitrogens with one attached hydrogen (secondary N) is 1. The second-order valence-corrected chi connectivity index (χ2v) is 2.66. The number of nitrogens with zero attached hydrogens (tertiary/aromatic N) is 2. The fraction of sp³-hybridized carbons (Fsp3) is 0.250. The molecule has 1 heterocycles. The molecule has 5 heteroatoms. The maximum atomic E-state index is 12.9. The highest BCUT2D eigenvalue weighted by atomic mass is 19.1. The van der Waals surface area contributed by atoms with Crippen molar-refractivity contribution in [2.24, 2.45) is 0 Å². The van der Waals surface area contributed by atoms with Gasteiger partial charge in [-0.15, -0.1) is 0 Å². The van der Waals surface area contributed by atoms with Crippen LogP contribution in [0, 0.1) is 5.82 Å². The summed E-state index contributed by atoms with van der Waals surface area (Å²) in [5, 5.41) is 2.31. The Kier molecular flexibility index (Phi) is 2.79. The van der Waals surface area contributed by atoms with E-state index in [9.17, 15) is 9.18 Å². The maximum Gasteiger partial charge on any atom is 0.322 e. The lowest BCUT2D eigenvalue weighted by molar-refractivity contribution is 0.230. The summed E-state index contributed by atoms with van der Waals surface area (Å²) in [6.07, 6.45) is 1.41. The van der Waals surface area contributed by atoms with Crippen LogP contribution in [-0.2, 0) is 0 Å². The molecule has 0 bridgehead atoms. The molecule has 0 unspecified atom stereocenters. The molecule has 1 aromatic rings. The van der Waals surface area contributed by atoms with Gasteiger partial charge in [-0.3, -0.25) is 5.32 Å². The highest BCUT2D eigenvalue weighted by Gasteiger charge is 2.07. The number of halogens is 1. The average molecular weight is 183 g/mol. The standard InChI is InChI=1S/C8H10FN3O/c1-12(2)8(13)11-7-6(9)4-3-5-10-7/h3-5H,1-2H3,(H,10,11,13). The van der Waals surface area contributed by atoms with E-state index in [1.54, 1.807) is 14.1 Å². The van der Waals surface area contributed by atoms with Crippen LogP contribution in [0.2, 0.25) is 0 Å². The van der Waals surface area contributed by atoms with E-state index in [1.807, 2.05) is 0 Å². The topological polar surface area (TPSA) is 45.2 Å². The van der Waals surface area contributed by atoms with E-state index < -0.39 is 11.8 Å². The van der Waals surface area contributed by atoms with Crippen LogP contribution in [0.4, 0.5) is 15.0 Å². The number of urea groups is 1. The Balaban J connectivity index is 2.75. The molecule has 0 fully saturated rings. The SMILES string of the molecule is CN(C)C(=O)Nc1ncccc1F. The first-order valence-corrected chi connectivity index (χ1v) is 3.70. The summed E-state index contributed by atoms with van der Waals surface area (Å²) in [5.74, 6) is -0.598. The van der Waals surface area contributed by atoms with E-state index in [0.717, 1.165) is 0 Å². The van der Waals surface area contributed by atoms with Crippen molar-refractivity contribution in [3.05, 3.63) is 24.1 Å². The molecule has 13 heavy (non-hydrogen) atoms. The molecule has 1 aromatic heterocycles. The number of anilines is 1. The van der Waals surface area contributed by atoms with E-state index in [1.165, 1.54) is 23.2 Å². The first-order chi connectivity index (χ1) is 6.11. The Morgan fingerprint density at radius 2 is 2.31 bits per heavy atom. The highest BCUT2D eigenvalue weighted by molar-refractivity contribution is 5.87. The lowest BCUT2D eigenvalue weighted by Gasteiger charge is -2.11. The molecular formula is C8H10FN3O. The van der Waals surface area contributed by atoms with Crippen molar-refractivity contribution >= 4 is 11.8 Å². The van der Waals surface area contributed by atoms with Crippen LogP contribution in [-0.4, -0.2) is 30.0 Å². The number of carbonyl (C=O) groups excluding carboxylic acids is 1. The Morgan fingerprint density at radius 3 is 2.85 bits per heavy atom. The van der Waals surface area contributed by atoms with E-state index >= 15 is 0 Å². The van der Waals surface area contributed by atoms with Crippen LogP contribution in [0.15, 0.2) is 18.3 Å². The minimum Gasteiger partial charge on any atom is -0.331 e. The largest absolute Gasteiger partial charge is 0.331 e. The van der Waals surface area contributed by atoms with Crippen LogP contribution >= 0.6 is 0 Å². The lowest BCUT2D eigenvalue weighted by Crippen LogP contribution is -2.28. The molecule has 0 radical (unpaired) electrons. The summed E-state index contributed by atoms with van der Waals surface area (Å²) in [6.45, 7) is 0. The second-order valence-electron chi connectivity index (χ2n) is 2.66. The smallest absolute Gasteiger partial charge is 0.322 e. The predicted octanol–water partition coefficient (Wildman–Crippen LogP) is 1.31. The number of pyridine rings is 1. The zero-order valence-corrected chi connectivity index (χ0v) is 7.41. The summed E-state index contributed by atoms with van der Waals surface area (Å²) in [5.41, 5.74) is 0. The van der Waals surface area contributed by atoms with Crippen molar-refractivity contribution in [2.45, 2.75) is 0 Å². The molecule has 0 saturated carbocycles. The molecule has 4 nitrogen and oxygen atoms in total. The molecular weight excluding hydrogens is 173 g/mol. The summed E-state index contributed by atoms with van der Waals surface area (Å²) in [7, 11) is 3.13. The third-order valence-electron chi connectivity index (χ3n) is 1.39. The van der Waals surface area contributed by atoms with Gasteiger partial charge < -0.3 is 4.90 Å². The molecule has 0 atom stereocenters. The molecule has 70 valence electrons. The summed E-state index contributed by atoms with van der Waals surface area (Å²) in [4.78, 5) is 16.0. The van der Waals surface area contributed by atoms with E-state index in [4.69, 9.17) is 0 Å². The number of aromatic nitrogens is 1. The monoisotopic (exact) mass is 183 g/mol. The van der Waals surface area contributed by atoms with E-state index in [2.05, 4.69) is 10.3 Å². The average Bonchev–Trinajstić information content (AvgIpc) is 2.08. The van der Waals surface area contributed by atoms with Crippen LogP contribution in [0.3, 0.4) is 0 Å². The lowest BCUT2D eigenvalue weighted by atomic mass is 10.4. The van der Waals surface area contributed by atoms with Crippen molar-refractivity contribution < 1.29 is 9.18 Å². The van der Waals surface area contributed by atoms with E-state index in [-0.39, 0.29) is 5.82 Å². The van der Waals surface area contributed by atoms with Gasteiger partial charge >= 0.3 is 6.03 Å². The minimum absolute atomic E-state index is 0.0544. The highest BCUT2D eigenvalue weighted by Crippen LogP contribution is 2.08. The molecule has 0 aliphatic heterocycles. The normalized spacial score (nSPS) is 9.46. The van der Waals surface area contributed by atoms with Crippen molar-refractivity contribution in [3.8, 4) is 0 Å². The third kappa shape index (κ3) is 2.40. The third-order valence-corrected chi connectivity index (χ3v) is 1.39. The van der Waals surface area contributed by atoms with Crippen molar-refractivity contribution in [1.82, 2.24) is 9.88 Å². The molecule has 0 spiro atoms. The molecule has 0 aliphatic rings. The Hall–Kier alpha value is -1.65. The zero-order chi connectivity index (χ0) is 9.84. The van der Waals surface area contributed by atoms with Gasteiger partial charge in [-0.05, 0) is 12.1 Å². The van der Waals surface area contributed by atoms with Crippen LogP contribution in [0.1, 0.15) is 0 Å². The Morgan fingerprint density at radius 1 is 1.62 bits per heavy atom. The van der Waals surface area contributed by atoms with Gasteiger partial charge in [-0.2, -0.15) is 0 Å². The van der Waals surface area contributed by atoms with Gasteiger partial charge in [0.2, 0.25) is 0 Å². The van der Waals surface area contributed by atoms with Crippen LogP contribution in [0.5, 0.6) is 0 Å². The first-order valence-electron chi connectivity index (χ1n) is 3.70. The minimum atomic E-state index is -0.544. The molecule has 1 N–H and O–H groups in total. The Bertz CT molecular complexity index is 314. The fourth-order valence-electron chi connectivity index (χ4n) is 0.691. The number of rotatable bonds is 1. The van der Waals surface area contributed by atoms with Gasteiger partial charge in [-0.1, -0.05) is 0 Å². The van der Waals surface area contributed by atoms with Gasteiger partial charge in [0.1, 0.15) is 0 Å². The van der Waals surface area contributed by atoms with Crippen molar-refractivity contribution in [3.63, 3.8) is 0 Å². The van der Waals surface area contributed by atoms with Crippen LogP contribution < -0.4 is 5.32 Å². The Labute approximate surface area is 75.4 Å². The quantitative estimate of drug-likeness (QED) is 0.713. The molecule has 0 aliphatic carbocycles. The fourth-order valence-corrected chi connectivity index (χ4v) is 0.691. The second kappa shape index (κ2) is 3.84. The molecule has 2 amide bonds. The molecule has 0 aromatic carbocycles. The van der Waals surface area contributed by atoms with Gasteiger partial charge in [-0.25, -0.2) is 14.2 Å². The number of hydrogen-bond donors (Lipinski definition) is 1. The molecule has 1 rings (SSSR count). The van der Waals surface area contributed by atoms with Gasteiger partial charge in [0.25, 0.3) is 0 Å². The summed E-state index contributed by atoms with van der Waals surface area (Å²) < 4.78 is 12.9.